The summed E-state index contributed by atoms with van der Waals surface area (Å²) >= 11 is 0. The normalized spacial score (nSPS) is 10.9. The summed E-state index contributed by atoms with van der Waals surface area (Å²) in [6.07, 6.45) is 3.00. The minimum Gasteiger partial charge on any atom is -0.497 e. The molecule has 7 nitrogen and oxygen atoms in total. The van der Waals surface area contributed by atoms with Crippen LogP contribution in [0.25, 0.3) is 0 Å². The molecule has 0 radical (unpaired) electrons. The number of hydrogen-bond donors (Lipinski definition) is 2. The molecule has 7 heteroatoms. The lowest BCUT2D eigenvalue weighted by molar-refractivity contribution is 0.0946. The van der Waals surface area contributed by atoms with E-state index in [1.165, 1.54) is 12.4 Å². The number of aromatic nitrogens is 2. The molecule has 0 saturated heterocycles. The van der Waals surface area contributed by atoms with E-state index in [1.54, 1.807) is 7.11 Å². The Morgan fingerprint density at radius 3 is 2.24 bits per heavy atom. The average molecular weight is 344 g/mol. The lowest BCUT2D eigenvalue weighted by Gasteiger charge is -2.20. The Balaban J connectivity index is 1.76. The number of hydrogen-bond acceptors (Lipinski definition) is 6. The van der Waals surface area contributed by atoms with Crippen LogP contribution in [0.4, 0.5) is 5.95 Å². The van der Waals surface area contributed by atoms with E-state index in [-0.39, 0.29) is 11.4 Å². The Bertz CT molecular complexity index is 679. The summed E-state index contributed by atoms with van der Waals surface area (Å²) in [5.74, 6) is 1.74. The van der Waals surface area contributed by atoms with Crippen LogP contribution >= 0.6 is 0 Å². The molecule has 0 bridgehead atoms. The molecule has 0 aliphatic rings. The monoisotopic (exact) mass is 344 g/mol. The van der Waals surface area contributed by atoms with Gasteiger partial charge in [-0.2, -0.15) is 0 Å². The van der Waals surface area contributed by atoms with Gasteiger partial charge in [0.2, 0.25) is 5.95 Å². The smallest absolute Gasteiger partial charge is 0.254 e. The third kappa shape index (κ3) is 6.29. The van der Waals surface area contributed by atoms with Crippen LogP contribution in [0.15, 0.2) is 36.7 Å². The summed E-state index contributed by atoms with van der Waals surface area (Å²) in [6.45, 7) is 6.79. The molecular weight excluding hydrogens is 320 g/mol. The largest absolute Gasteiger partial charge is 0.497 e. The van der Waals surface area contributed by atoms with Crippen molar-refractivity contribution in [2.24, 2.45) is 0 Å². The molecule has 0 saturated carbocycles. The molecular formula is C18H24N4O3. The number of benzene rings is 1. The summed E-state index contributed by atoms with van der Waals surface area (Å²) in [4.78, 5) is 20.4. The van der Waals surface area contributed by atoms with Gasteiger partial charge in [-0.3, -0.25) is 4.79 Å². The second-order valence-corrected chi connectivity index (χ2v) is 6.45. The number of carbonyl (C=O) groups excluding carboxylic acids is 1. The van der Waals surface area contributed by atoms with Gasteiger partial charge >= 0.3 is 0 Å². The van der Waals surface area contributed by atoms with Gasteiger partial charge in [0.15, 0.2) is 0 Å². The lowest BCUT2D eigenvalue weighted by Crippen LogP contribution is -2.29. The molecule has 0 spiro atoms. The minimum atomic E-state index is -0.236. The maximum Gasteiger partial charge on any atom is 0.254 e. The van der Waals surface area contributed by atoms with Crippen LogP contribution in [0.2, 0.25) is 0 Å². The molecule has 0 unspecified atom stereocenters. The highest BCUT2D eigenvalue weighted by molar-refractivity contribution is 5.93. The van der Waals surface area contributed by atoms with Crippen LogP contribution < -0.4 is 20.1 Å². The number of nitrogens with zero attached hydrogens (tertiary/aromatic N) is 2. The second-order valence-electron chi connectivity index (χ2n) is 6.45. The maximum absolute atomic E-state index is 12.1. The Kier molecular flexibility index (Phi) is 6.16. The number of amides is 1. The van der Waals surface area contributed by atoms with Gasteiger partial charge in [-0.15, -0.1) is 0 Å². The predicted molar refractivity (Wildman–Crippen MR) is 96.2 cm³/mol. The minimum absolute atomic E-state index is 0.136. The van der Waals surface area contributed by atoms with Gasteiger partial charge in [0.25, 0.3) is 5.91 Å². The van der Waals surface area contributed by atoms with Crippen molar-refractivity contribution in [1.82, 2.24) is 15.3 Å². The van der Waals surface area contributed by atoms with E-state index < -0.39 is 0 Å². The molecule has 25 heavy (non-hydrogen) atoms. The molecule has 1 heterocycles. The van der Waals surface area contributed by atoms with Gasteiger partial charge < -0.3 is 20.1 Å². The van der Waals surface area contributed by atoms with Gasteiger partial charge in [0.1, 0.15) is 18.1 Å². The first-order chi connectivity index (χ1) is 11.9. The third-order valence-electron chi connectivity index (χ3n) is 3.12. The molecule has 1 aromatic heterocycles. The number of anilines is 1. The van der Waals surface area contributed by atoms with Crippen LogP contribution in [0, 0.1) is 0 Å². The Morgan fingerprint density at radius 1 is 1.08 bits per heavy atom. The van der Waals surface area contributed by atoms with Crippen molar-refractivity contribution < 1.29 is 14.3 Å². The van der Waals surface area contributed by atoms with Crippen molar-refractivity contribution in [3.8, 4) is 11.5 Å². The zero-order valence-corrected chi connectivity index (χ0v) is 15.0. The number of nitrogens with one attached hydrogen (secondary N) is 2. The fourth-order valence-corrected chi connectivity index (χ4v) is 1.95. The van der Waals surface area contributed by atoms with E-state index in [2.05, 4.69) is 20.6 Å². The van der Waals surface area contributed by atoms with E-state index >= 15 is 0 Å². The maximum atomic E-state index is 12.1. The number of ether oxygens (including phenoxy) is 2. The van der Waals surface area contributed by atoms with Gasteiger partial charge in [-0.25, -0.2) is 9.97 Å². The first-order valence-corrected chi connectivity index (χ1v) is 8.03. The lowest BCUT2D eigenvalue weighted by atomic mass is 10.1. The van der Waals surface area contributed by atoms with Gasteiger partial charge in [0.05, 0.1) is 19.2 Å². The predicted octanol–water partition coefficient (Wildman–Crippen LogP) is 2.50. The zero-order chi connectivity index (χ0) is 18.3. The summed E-state index contributed by atoms with van der Waals surface area (Å²) < 4.78 is 10.6. The zero-order valence-electron chi connectivity index (χ0n) is 15.0. The number of rotatable bonds is 7. The van der Waals surface area contributed by atoms with Crippen molar-refractivity contribution >= 4 is 11.9 Å². The quantitative estimate of drug-likeness (QED) is 0.751. The Hall–Kier alpha value is -2.83. The summed E-state index contributed by atoms with van der Waals surface area (Å²) in [7, 11) is 1.61. The molecule has 1 amide bonds. The van der Waals surface area contributed by atoms with Crippen LogP contribution in [0.3, 0.4) is 0 Å². The van der Waals surface area contributed by atoms with Crippen LogP contribution in [-0.2, 0) is 0 Å². The fourth-order valence-electron chi connectivity index (χ4n) is 1.95. The van der Waals surface area contributed by atoms with E-state index in [4.69, 9.17) is 9.47 Å². The molecule has 2 aromatic rings. The fraction of sp³-hybridized carbons (Fsp3) is 0.389. The highest BCUT2D eigenvalue weighted by Crippen LogP contribution is 2.16. The molecule has 0 fully saturated rings. The second kappa shape index (κ2) is 8.32. The Morgan fingerprint density at radius 2 is 1.68 bits per heavy atom. The topological polar surface area (TPSA) is 85.4 Å². The highest BCUT2D eigenvalue weighted by Gasteiger charge is 2.12. The SMILES string of the molecule is COc1ccc(OCCNC(=O)c2cnc(NC(C)(C)C)nc2)cc1. The van der Waals surface area contributed by atoms with E-state index in [1.807, 2.05) is 45.0 Å². The summed E-state index contributed by atoms with van der Waals surface area (Å²) in [5, 5.41) is 5.91. The summed E-state index contributed by atoms with van der Waals surface area (Å²) in [6, 6.07) is 7.27. The van der Waals surface area contributed by atoms with Crippen molar-refractivity contribution in [1.29, 1.82) is 0 Å². The Labute approximate surface area is 147 Å². The first kappa shape index (κ1) is 18.5. The molecule has 2 rings (SSSR count). The number of methoxy groups -OCH3 is 1. The van der Waals surface area contributed by atoms with Crippen molar-refractivity contribution in [3.05, 3.63) is 42.2 Å². The number of carbonyl (C=O) groups is 1. The van der Waals surface area contributed by atoms with E-state index in [9.17, 15) is 4.79 Å². The third-order valence-corrected chi connectivity index (χ3v) is 3.12. The standard InChI is InChI=1S/C18H24N4O3/c1-18(2,3)22-17-20-11-13(12-21-17)16(23)19-9-10-25-15-7-5-14(24-4)6-8-15/h5-8,11-12H,9-10H2,1-4H3,(H,19,23)(H,20,21,22). The van der Waals surface area contributed by atoms with Gasteiger partial charge in [-0.05, 0) is 45.0 Å². The van der Waals surface area contributed by atoms with E-state index in [0.29, 0.717) is 24.7 Å². The highest BCUT2D eigenvalue weighted by atomic mass is 16.5. The summed E-state index contributed by atoms with van der Waals surface area (Å²) in [5.41, 5.74) is 0.270. The molecule has 0 atom stereocenters. The van der Waals surface area contributed by atoms with E-state index in [0.717, 1.165) is 11.5 Å². The van der Waals surface area contributed by atoms with Crippen molar-refractivity contribution in [2.75, 3.05) is 25.6 Å². The van der Waals surface area contributed by atoms with Crippen LogP contribution in [0.5, 0.6) is 11.5 Å². The first-order valence-electron chi connectivity index (χ1n) is 8.03. The molecule has 1 aromatic carbocycles. The van der Waals surface area contributed by atoms with Gasteiger partial charge in [0, 0.05) is 17.9 Å². The molecule has 0 aliphatic carbocycles. The molecule has 0 aliphatic heterocycles. The van der Waals surface area contributed by atoms with Crippen molar-refractivity contribution in [3.63, 3.8) is 0 Å². The van der Waals surface area contributed by atoms with Crippen molar-refractivity contribution in [2.45, 2.75) is 26.3 Å². The average Bonchev–Trinajstić information content (AvgIpc) is 2.58. The van der Waals surface area contributed by atoms with Crippen LogP contribution in [-0.4, -0.2) is 41.7 Å². The van der Waals surface area contributed by atoms with Crippen LogP contribution in [0.1, 0.15) is 31.1 Å². The molecule has 134 valence electrons. The van der Waals surface area contributed by atoms with Gasteiger partial charge in [-0.1, -0.05) is 0 Å². The molecule has 2 N–H and O–H groups in total.